The number of hydrogen-bond acceptors (Lipinski definition) is 5. The van der Waals surface area contributed by atoms with E-state index in [1.807, 2.05) is 62.4 Å². The minimum atomic E-state index is -0.259. The molecule has 0 aliphatic heterocycles. The number of nitrogens with one attached hydrogen (secondary N) is 1. The van der Waals surface area contributed by atoms with Gasteiger partial charge in [0.05, 0.1) is 11.9 Å². The number of aryl methyl sites for hydroxylation is 2. The minimum absolute atomic E-state index is 0.157. The number of carbonyl (C=O) groups excluding carboxylic acids is 1. The van der Waals surface area contributed by atoms with Gasteiger partial charge in [-0.15, -0.1) is 0 Å². The van der Waals surface area contributed by atoms with Gasteiger partial charge < -0.3 is 10.1 Å². The maximum Gasteiger partial charge on any atom is 0.262 e. The van der Waals surface area contributed by atoms with E-state index in [1.165, 1.54) is 11.9 Å². The van der Waals surface area contributed by atoms with E-state index in [0.717, 1.165) is 16.9 Å². The van der Waals surface area contributed by atoms with Gasteiger partial charge in [-0.05, 0) is 49.2 Å². The van der Waals surface area contributed by atoms with Crippen LogP contribution < -0.4 is 10.1 Å². The van der Waals surface area contributed by atoms with Crippen molar-refractivity contribution < 1.29 is 9.53 Å². The second kappa shape index (κ2) is 7.48. The highest BCUT2D eigenvalue weighted by Crippen LogP contribution is 2.23. The van der Waals surface area contributed by atoms with Crippen LogP contribution in [-0.2, 0) is 4.79 Å². The number of hydrogen-bond donors (Lipinski definition) is 1. The van der Waals surface area contributed by atoms with E-state index in [2.05, 4.69) is 20.4 Å². The predicted octanol–water partition coefficient (Wildman–Crippen LogP) is 3.45. The monoisotopic (exact) mass is 373 g/mol. The lowest BCUT2D eigenvalue weighted by molar-refractivity contribution is -0.118. The third-order valence-corrected chi connectivity index (χ3v) is 4.46. The van der Waals surface area contributed by atoms with Crippen LogP contribution in [0.25, 0.3) is 16.7 Å². The van der Waals surface area contributed by atoms with Gasteiger partial charge in [0.1, 0.15) is 11.7 Å². The van der Waals surface area contributed by atoms with Gasteiger partial charge in [0, 0.05) is 5.69 Å². The average Bonchev–Trinajstić information content (AvgIpc) is 3.15. The Morgan fingerprint density at radius 2 is 1.89 bits per heavy atom. The highest BCUT2D eigenvalue weighted by atomic mass is 16.5. The smallest absolute Gasteiger partial charge is 0.262 e. The lowest BCUT2D eigenvalue weighted by atomic mass is 10.1. The summed E-state index contributed by atoms with van der Waals surface area (Å²) >= 11 is 0. The molecular weight excluding hydrogens is 354 g/mol. The molecule has 2 aromatic carbocycles. The Balaban J connectivity index is 1.50. The van der Waals surface area contributed by atoms with E-state index < -0.39 is 0 Å². The second-order valence-corrected chi connectivity index (χ2v) is 6.44. The summed E-state index contributed by atoms with van der Waals surface area (Å²) in [5, 5.41) is 7.85. The van der Waals surface area contributed by atoms with Crippen LogP contribution in [0.5, 0.6) is 5.88 Å². The zero-order valence-electron chi connectivity index (χ0n) is 15.6. The molecule has 2 aromatic heterocycles. The Kier molecular flexibility index (Phi) is 4.72. The molecule has 28 heavy (non-hydrogen) atoms. The second-order valence-electron chi connectivity index (χ2n) is 6.44. The van der Waals surface area contributed by atoms with Crippen LogP contribution in [0.1, 0.15) is 11.1 Å². The van der Waals surface area contributed by atoms with Crippen LogP contribution in [0.15, 0.2) is 61.1 Å². The van der Waals surface area contributed by atoms with Crippen molar-refractivity contribution in [1.82, 2.24) is 19.7 Å². The normalized spacial score (nSPS) is 10.8. The first-order chi connectivity index (χ1) is 13.6. The molecule has 0 saturated heterocycles. The van der Waals surface area contributed by atoms with Crippen LogP contribution in [-0.4, -0.2) is 32.3 Å². The first-order valence-electron chi connectivity index (χ1n) is 8.86. The number of anilines is 1. The molecular formula is C21H19N5O2. The average molecular weight is 373 g/mol. The molecule has 0 bridgehead atoms. The third-order valence-electron chi connectivity index (χ3n) is 4.46. The van der Waals surface area contributed by atoms with Gasteiger partial charge in [-0.25, -0.2) is 14.6 Å². The number of rotatable bonds is 5. The summed E-state index contributed by atoms with van der Waals surface area (Å²) in [6.07, 6.45) is 3.04. The fourth-order valence-corrected chi connectivity index (χ4v) is 2.85. The number of ether oxygens (including phenoxy) is 1. The standard InChI is InChI=1S/C21H19N5O2/c1-14-8-9-16(10-15(14)2)25-19(27)12-28-21-18-11-24-26(20(18)22-13-23-21)17-6-4-3-5-7-17/h3-11,13H,12H2,1-2H3,(H,25,27). The summed E-state index contributed by atoms with van der Waals surface area (Å²) in [6.45, 7) is 3.87. The number of carbonyl (C=O) groups is 1. The van der Waals surface area contributed by atoms with Gasteiger partial charge in [0.2, 0.25) is 5.88 Å². The molecule has 7 nitrogen and oxygen atoms in total. The van der Waals surface area contributed by atoms with Gasteiger partial charge in [0.25, 0.3) is 5.91 Å². The van der Waals surface area contributed by atoms with Crippen molar-refractivity contribution in [2.75, 3.05) is 11.9 Å². The molecule has 1 amide bonds. The van der Waals surface area contributed by atoms with Crippen LogP contribution in [0, 0.1) is 13.8 Å². The number of nitrogens with zero attached hydrogens (tertiary/aromatic N) is 4. The van der Waals surface area contributed by atoms with Crippen LogP contribution in [0.4, 0.5) is 5.69 Å². The van der Waals surface area contributed by atoms with Crippen molar-refractivity contribution in [3.05, 3.63) is 72.2 Å². The molecule has 0 aliphatic carbocycles. The Bertz CT molecular complexity index is 1140. The molecule has 2 heterocycles. The van der Waals surface area contributed by atoms with E-state index >= 15 is 0 Å². The third kappa shape index (κ3) is 3.55. The van der Waals surface area contributed by atoms with Crippen LogP contribution in [0.3, 0.4) is 0 Å². The number of aromatic nitrogens is 4. The Morgan fingerprint density at radius 1 is 1.07 bits per heavy atom. The summed E-state index contributed by atoms with van der Waals surface area (Å²) in [6, 6.07) is 15.4. The van der Waals surface area contributed by atoms with Gasteiger partial charge in [-0.2, -0.15) is 5.10 Å². The van der Waals surface area contributed by atoms with E-state index in [-0.39, 0.29) is 12.5 Å². The summed E-state index contributed by atoms with van der Waals surface area (Å²) < 4.78 is 7.35. The first-order valence-corrected chi connectivity index (χ1v) is 8.86. The fraction of sp³-hybridized carbons (Fsp3) is 0.143. The van der Waals surface area contributed by atoms with Crippen LogP contribution in [0.2, 0.25) is 0 Å². The first kappa shape index (κ1) is 17.7. The van der Waals surface area contributed by atoms with Crippen molar-refractivity contribution in [2.24, 2.45) is 0 Å². The SMILES string of the molecule is Cc1ccc(NC(=O)COc2ncnc3c2cnn3-c2ccccc2)cc1C. The summed E-state index contributed by atoms with van der Waals surface area (Å²) in [5.41, 5.74) is 4.53. The predicted molar refractivity (Wildman–Crippen MR) is 107 cm³/mol. The Labute approximate surface area is 162 Å². The van der Waals surface area contributed by atoms with Crippen molar-refractivity contribution >= 4 is 22.6 Å². The van der Waals surface area contributed by atoms with E-state index in [4.69, 9.17) is 4.74 Å². The number of fused-ring (bicyclic) bond motifs is 1. The van der Waals surface area contributed by atoms with Gasteiger partial charge in [-0.3, -0.25) is 4.79 Å². The lowest BCUT2D eigenvalue weighted by Gasteiger charge is -2.09. The van der Waals surface area contributed by atoms with Gasteiger partial charge >= 0.3 is 0 Å². The summed E-state index contributed by atoms with van der Waals surface area (Å²) in [5.74, 6) is 0.0629. The number of amides is 1. The molecule has 0 unspecified atom stereocenters. The number of para-hydroxylation sites is 1. The van der Waals surface area contributed by atoms with E-state index in [1.54, 1.807) is 10.9 Å². The zero-order valence-corrected chi connectivity index (χ0v) is 15.6. The molecule has 0 radical (unpaired) electrons. The Morgan fingerprint density at radius 3 is 2.68 bits per heavy atom. The van der Waals surface area contributed by atoms with Gasteiger partial charge in [-0.1, -0.05) is 24.3 Å². The molecule has 0 spiro atoms. The van der Waals surface area contributed by atoms with Crippen molar-refractivity contribution in [2.45, 2.75) is 13.8 Å². The maximum absolute atomic E-state index is 12.2. The molecule has 4 rings (SSSR count). The van der Waals surface area contributed by atoms with Gasteiger partial charge in [0.15, 0.2) is 12.3 Å². The highest BCUT2D eigenvalue weighted by Gasteiger charge is 2.13. The van der Waals surface area contributed by atoms with E-state index in [0.29, 0.717) is 16.9 Å². The largest absolute Gasteiger partial charge is 0.467 e. The molecule has 140 valence electrons. The quantitative estimate of drug-likeness (QED) is 0.579. The molecule has 4 aromatic rings. The highest BCUT2D eigenvalue weighted by molar-refractivity contribution is 5.92. The molecule has 7 heteroatoms. The molecule has 1 N–H and O–H groups in total. The topological polar surface area (TPSA) is 81.9 Å². The minimum Gasteiger partial charge on any atom is -0.467 e. The zero-order chi connectivity index (χ0) is 19.5. The molecule has 0 aliphatic rings. The maximum atomic E-state index is 12.2. The van der Waals surface area contributed by atoms with Crippen molar-refractivity contribution in [1.29, 1.82) is 0 Å². The molecule has 0 atom stereocenters. The molecule has 0 fully saturated rings. The fourth-order valence-electron chi connectivity index (χ4n) is 2.85. The van der Waals surface area contributed by atoms with Crippen molar-refractivity contribution in [3.8, 4) is 11.6 Å². The number of benzene rings is 2. The van der Waals surface area contributed by atoms with Crippen molar-refractivity contribution in [3.63, 3.8) is 0 Å². The summed E-state index contributed by atoms with van der Waals surface area (Å²) in [4.78, 5) is 20.7. The van der Waals surface area contributed by atoms with Crippen LogP contribution >= 0.6 is 0 Å². The summed E-state index contributed by atoms with van der Waals surface area (Å²) in [7, 11) is 0. The lowest BCUT2D eigenvalue weighted by Crippen LogP contribution is -2.20. The van der Waals surface area contributed by atoms with E-state index in [9.17, 15) is 4.79 Å². The molecule has 0 saturated carbocycles. The Hall–Kier alpha value is -3.74.